The molecule has 0 heterocycles. The Bertz CT molecular complexity index is 340. The van der Waals surface area contributed by atoms with Gasteiger partial charge in [0.05, 0.1) is 11.5 Å². The Hall–Kier alpha value is -1.01. The summed E-state index contributed by atoms with van der Waals surface area (Å²) >= 11 is 0. The Balaban J connectivity index is 2.04. The van der Waals surface area contributed by atoms with E-state index in [9.17, 15) is 4.79 Å². The fourth-order valence-corrected chi connectivity index (χ4v) is 3.15. The van der Waals surface area contributed by atoms with Crippen LogP contribution in [0.4, 0.5) is 0 Å². The quantitative estimate of drug-likeness (QED) is 0.679. The highest BCUT2D eigenvalue weighted by atomic mass is 16.2. The second kappa shape index (κ2) is 3.78. The molecule has 3 heteroatoms. The highest BCUT2D eigenvalue weighted by Gasteiger charge is 2.49. The fraction of sp³-hybridized carbons (Fsp3) is 0.769. The molecule has 0 saturated heterocycles. The molecule has 2 aliphatic carbocycles. The SMILES string of the molecule is C#CC(C)(C)NC(=O)C1C2CCC(C2)C1N. The summed E-state index contributed by atoms with van der Waals surface area (Å²) in [7, 11) is 0. The van der Waals surface area contributed by atoms with Crippen LogP contribution in [0.25, 0.3) is 0 Å². The minimum absolute atomic E-state index is 0.0219. The van der Waals surface area contributed by atoms with Gasteiger partial charge in [-0.3, -0.25) is 4.79 Å². The van der Waals surface area contributed by atoms with Crippen LogP contribution in [0.2, 0.25) is 0 Å². The number of hydrogen-bond acceptors (Lipinski definition) is 2. The van der Waals surface area contributed by atoms with Gasteiger partial charge in [-0.05, 0) is 44.9 Å². The third-order valence-electron chi connectivity index (χ3n) is 4.08. The lowest BCUT2D eigenvalue weighted by atomic mass is 9.84. The third kappa shape index (κ3) is 1.82. The molecule has 2 fully saturated rings. The molecule has 4 atom stereocenters. The lowest BCUT2D eigenvalue weighted by Gasteiger charge is -2.30. The lowest BCUT2D eigenvalue weighted by molar-refractivity contribution is -0.128. The van der Waals surface area contributed by atoms with Crippen LogP contribution in [0, 0.1) is 30.1 Å². The van der Waals surface area contributed by atoms with E-state index in [-0.39, 0.29) is 17.9 Å². The highest BCUT2D eigenvalue weighted by molar-refractivity contribution is 5.81. The summed E-state index contributed by atoms with van der Waals surface area (Å²) in [6.07, 6.45) is 8.82. The maximum atomic E-state index is 12.1. The van der Waals surface area contributed by atoms with Gasteiger partial charge in [0.1, 0.15) is 0 Å². The Kier molecular flexibility index (Phi) is 2.71. The van der Waals surface area contributed by atoms with Gasteiger partial charge in [-0.1, -0.05) is 5.92 Å². The van der Waals surface area contributed by atoms with Crippen LogP contribution in [0.5, 0.6) is 0 Å². The summed E-state index contributed by atoms with van der Waals surface area (Å²) in [5, 5.41) is 2.91. The van der Waals surface area contributed by atoms with Gasteiger partial charge >= 0.3 is 0 Å². The summed E-state index contributed by atoms with van der Waals surface area (Å²) in [5.74, 6) is 3.63. The minimum atomic E-state index is -0.571. The van der Waals surface area contributed by atoms with Gasteiger partial charge < -0.3 is 11.1 Å². The highest BCUT2D eigenvalue weighted by Crippen LogP contribution is 2.47. The van der Waals surface area contributed by atoms with Crippen LogP contribution in [-0.2, 0) is 4.79 Å². The molecule has 88 valence electrons. The molecule has 16 heavy (non-hydrogen) atoms. The minimum Gasteiger partial charge on any atom is -0.340 e. The summed E-state index contributed by atoms with van der Waals surface area (Å²) < 4.78 is 0. The molecule has 2 saturated carbocycles. The standard InChI is InChI=1S/C13H20N2O/c1-4-13(2,3)15-12(16)10-8-5-6-9(7-8)11(10)14/h1,8-11H,5-7,14H2,2-3H3,(H,15,16). The van der Waals surface area contributed by atoms with Crippen molar-refractivity contribution in [3.63, 3.8) is 0 Å². The van der Waals surface area contributed by atoms with E-state index in [4.69, 9.17) is 12.2 Å². The Morgan fingerprint density at radius 2 is 2.06 bits per heavy atom. The van der Waals surface area contributed by atoms with Crippen LogP contribution >= 0.6 is 0 Å². The van der Waals surface area contributed by atoms with Gasteiger partial charge in [-0.15, -0.1) is 6.42 Å². The van der Waals surface area contributed by atoms with E-state index in [1.807, 2.05) is 13.8 Å². The number of nitrogens with one attached hydrogen (secondary N) is 1. The molecule has 0 aromatic carbocycles. The first-order valence-corrected chi connectivity index (χ1v) is 6.00. The molecule has 0 aromatic heterocycles. The Morgan fingerprint density at radius 3 is 2.56 bits per heavy atom. The molecule has 0 spiro atoms. The van der Waals surface area contributed by atoms with E-state index >= 15 is 0 Å². The number of rotatable bonds is 2. The first-order chi connectivity index (χ1) is 7.44. The summed E-state index contributed by atoms with van der Waals surface area (Å²) in [6.45, 7) is 3.67. The van der Waals surface area contributed by atoms with Crippen molar-refractivity contribution in [3.8, 4) is 12.3 Å². The van der Waals surface area contributed by atoms with Crippen LogP contribution in [0.1, 0.15) is 33.1 Å². The molecule has 0 radical (unpaired) electrons. The first kappa shape index (κ1) is 11.5. The van der Waals surface area contributed by atoms with E-state index in [1.165, 1.54) is 6.42 Å². The third-order valence-corrected chi connectivity index (χ3v) is 4.08. The number of nitrogens with two attached hydrogens (primary N) is 1. The predicted octanol–water partition coefficient (Wildman–Crippen LogP) is 0.888. The first-order valence-electron chi connectivity index (χ1n) is 6.00. The molecule has 4 unspecified atom stereocenters. The van der Waals surface area contributed by atoms with Gasteiger partial charge in [-0.25, -0.2) is 0 Å². The smallest absolute Gasteiger partial charge is 0.226 e. The van der Waals surface area contributed by atoms with E-state index in [0.717, 1.165) is 12.8 Å². The monoisotopic (exact) mass is 220 g/mol. The van der Waals surface area contributed by atoms with Crippen molar-refractivity contribution in [1.82, 2.24) is 5.32 Å². The molecule has 2 bridgehead atoms. The van der Waals surface area contributed by atoms with Crippen molar-refractivity contribution in [2.45, 2.75) is 44.7 Å². The van der Waals surface area contributed by atoms with E-state index in [1.54, 1.807) is 0 Å². The second-order valence-corrected chi connectivity index (χ2v) is 5.69. The summed E-state index contributed by atoms with van der Waals surface area (Å²) in [4.78, 5) is 12.1. The number of carbonyl (C=O) groups excluding carboxylic acids is 1. The van der Waals surface area contributed by atoms with Crippen molar-refractivity contribution in [2.75, 3.05) is 0 Å². The number of hydrogen-bond donors (Lipinski definition) is 2. The normalized spacial score (nSPS) is 37.1. The maximum Gasteiger partial charge on any atom is 0.226 e. The summed E-state index contributed by atoms with van der Waals surface area (Å²) in [6, 6.07) is 0.0346. The number of amides is 1. The molecule has 0 aliphatic heterocycles. The zero-order valence-electron chi connectivity index (χ0n) is 9.99. The second-order valence-electron chi connectivity index (χ2n) is 5.69. The van der Waals surface area contributed by atoms with E-state index in [0.29, 0.717) is 11.8 Å². The predicted molar refractivity (Wildman–Crippen MR) is 63.4 cm³/mol. The molecule has 2 rings (SSSR count). The molecule has 3 N–H and O–H groups in total. The zero-order chi connectivity index (χ0) is 11.9. The summed E-state index contributed by atoms with van der Waals surface area (Å²) in [5.41, 5.74) is 5.54. The fourth-order valence-electron chi connectivity index (χ4n) is 3.15. The largest absolute Gasteiger partial charge is 0.340 e. The van der Waals surface area contributed by atoms with Crippen molar-refractivity contribution in [1.29, 1.82) is 0 Å². The zero-order valence-corrected chi connectivity index (χ0v) is 9.99. The number of carbonyl (C=O) groups is 1. The average Bonchev–Trinajstić information content (AvgIpc) is 2.76. The molecule has 1 amide bonds. The van der Waals surface area contributed by atoms with E-state index < -0.39 is 5.54 Å². The topological polar surface area (TPSA) is 55.1 Å². The Morgan fingerprint density at radius 1 is 1.44 bits per heavy atom. The lowest BCUT2D eigenvalue weighted by Crippen LogP contribution is -2.51. The maximum absolute atomic E-state index is 12.1. The van der Waals surface area contributed by atoms with Crippen molar-refractivity contribution in [3.05, 3.63) is 0 Å². The molecule has 0 aromatic rings. The molecular formula is C13H20N2O. The van der Waals surface area contributed by atoms with Crippen LogP contribution in [0.3, 0.4) is 0 Å². The van der Waals surface area contributed by atoms with Crippen LogP contribution in [0.15, 0.2) is 0 Å². The van der Waals surface area contributed by atoms with E-state index in [2.05, 4.69) is 11.2 Å². The van der Waals surface area contributed by atoms with Crippen molar-refractivity contribution >= 4 is 5.91 Å². The molecular weight excluding hydrogens is 200 g/mol. The number of fused-ring (bicyclic) bond motifs is 2. The van der Waals surface area contributed by atoms with Gasteiger partial charge in [0.2, 0.25) is 5.91 Å². The van der Waals surface area contributed by atoms with Gasteiger partial charge in [-0.2, -0.15) is 0 Å². The molecule has 3 nitrogen and oxygen atoms in total. The van der Waals surface area contributed by atoms with Gasteiger partial charge in [0.25, 0.3) is 0 Å². The Labute approximate surface area is 97.2 Å². The average molecular weight is 220 g/mol. The van der Waals surface area contributed by atoms with Crippen molar-refractivity contribution < 1.29 is 4.79 Å². The van der Waals surface area contributed by atoms with Gasteiger partial charge in [0.15, 0.2) is 0 Å². The van der Waals surface area contributed by atoms with Crippen LogP contribution in [-0.4, -0.2) is 17.5 Å². The van der Waals surface area contributed by atoms with Crippen LogP contribution < -0.4 is 11.1 Å². The number of terminal acetylenes is 1. The van der Waals surface area contributed by atoms with Crippen molar-refractivity contribution in [2.24, 2.45) is 23.5 Å². The molecule has 2 aliphatic rings. The van der Waals surface area contributed by atoms with Gasteiger partial charge in [0, 0.05) is 6.04 Å².